The van der Waals surface area contributed by atoms with E-state index in [1.54, 1.807) is 18.0 Å². The van der Waals surface area contributed by atoms with Crippen LogP contribution < -0.4 is 0 Å². The van der Waals surface area contributed by atoms with Crippen LogP contribution in [0.2, 0.25) is 0 Å². The van der Waals surface area contributed by atoms with Gasteiger partial charge < -0.3 is 9.47 Å². The SMILES string of the molecule is CN1CCCc2c(n(CCc3ccccc3)c3ccc(S(=O)(=O)O)cc23)C1=O. The quantitative estimate of drug-likeness (QED) is 0.685. The molecule has 1 aromatic heterocycles. The molecule has 3 aromatic rings. The number of aromatic nitrogens is 1. The van der Waals surface area contributed by atoms with Gasteiger partial charge in [-0.05, 0) is 48.6 Å². The summed E-state index contributed by atoms with van der Waals surface area (Å²) in [5.74, 6) is -0.0508. The Balaban J connectivity index is 1.89. The topological polar surface area (TPSA) is 79.6 Å². The first-order valence-electron chi connectivity index (χ1n) is 9.28. The fraction of sp³-hybridized carbons (Fsp3) is 0.286. The molecule has 146 valence electrons. The lowest BCUT2D eigenvalue weighted by Crippen LogP contribution is -2.28. The minimum atomic E-state index is -4.30. The third-order valence-corrected chi connectivity index (χ3v) is 6.22. The first kappa shape index (κ1) is 18.7. The predicted octanol–water partition coefficient (Wildman–Crippen LogP) is 3.15. The second-order valence-electron chi connectivity index (χ2n) is 7.20. The molecule has 0 spiro atoms. The van der Waals surface area contributed by atoms with Crippen LogP contribution in [0.15, 0.2) is 53.4 Å². The van der Waals surface area contributed by atoms with Crippen LogP contribution >= 0.6 is 0 Å². The maximum atomic E-state index is 13.1. The summed E-state index contributed by atoms with van der Waals surface area (Å²) in [6.07, 6.45) is 2.26. The Labute approximate surface area is 164 Å². The lowest BCUT2D eigenvalue weighted by molar-refractivity contribution is 0.0790. The van der Waals surface area contributed by atoms with Crippen LogP contribution in [0, 0.1) is 0 Å². The molecule has 1 amide bonds. The van der Waals surface area contributed by atoms with Crippen molar-refractivity contribution in [2.24, 2.45) is 0 Å². The van der Waals surface area contributed by atoms with Gasteiger partial charge in [-0.3, -0.25) is 9.35 Å². The minimum absolute atomic E-state index is 0.0508. The lowest BCUT2D eigenvalue weighted by atomic mass is 10.1. The van der Waals surface area contributed by atoms with Crippen molar-refractivity contribution in [1.82, 2.24) is 9.47 Å². The van der Waals surface area contributed by atoms with Crippen molar-refractivity contribution in [3.63, 3.8) is 0 Å². The highest BCUT2D eigenvalue weighted by atomic mass is 32.2. The van der Waals surface area contributed by atoms with Gasteiger partial charge in [-0.25, -0.2) is 0 Å². The van der Waals surface area contributed by atoms with Crippen molar-refractivity contribution in [1.29, 1.82) is 0 Å². The van der Waals surface area contributed by atoms with E-state index >= 15 is 0 Å². The molecule has 0 unspecified atom stereocenters. The van der Waals surface area contributed by atoms with Crippen LogP contribution in [-0.2, 0) is 29.5 Å². The standard InChI is InChI=1S/C21H22N2O4S/c1-22-12-5-8-17-18-14-16(28(25,26)27)9-10-19(18)23(20(17)21(22)24)13-11-15-6-3-2-4-7-15/h2-4,6-7,9-10,14H,5,8,11-13H2,1H3,(H,25,26,27). The number of aryl methyl sites for hydroxylation is 3. The average molecular weight is 398 g/mol. The van der Waals surface area contributed by atoms with Crippen LogP contribution in [0.3, 0.4) is 0 Å². The fourth-order valence-corrected chi connectivity index (χ4v) is 4.46. The monoisotopic (exact) mass is 398 g/mol. The molecule has 0 atom stereocenters. The summed E-state index contributed by atoms with van der Waals surface area (Å²) in [5.41, 5.74) is 3.47. The van der Waals surface area contributed by atoms with E-state index in [-0.39, 0.29) is 10.8 Å². The molecule has 0 radical (unpaired) electrons. The molecule has 7 heteroatoms. The van der Waals surface area contributed by atoms with Gasteiger partial charge in [0.15, 0.2) is 0 Å². The molecule has 0 aliphatic carbocycles. The Bertz CT molecular complexity index is 1150. The maximum absolute atomic E-state index is 13.1. The van der Waals surface area contributed by atoms with Gasteiger partial charge in [-0.2, -0.15) is 8.42 Å². The third kappa shape index (κ3) is 3.31. The number of fused-ring (bicyclic) bond motifs is 3. The van der Waals surface area contributed by atoms with Crippen molar-refractivity contribution in [3.8, 4) is 0 Å². The summed E-state index contributed by atoms with van der Waals surface area (Å²) in [6, 6.07) is 14.6. The minimum Gasteiger partial charge on any atom is -0.340 e. The zero-order valence-electron chi connectivity index (χ0n) is 15.6. The largest absolute Gasteiger partial charge is 0.340 e. The number of hydrogen-bond donors (Lipinski definition) is 1. The Kier molecular flexibility index (Phi) is 4.72. The zero-order chi connectivity index (χ0) is 19.9. The summed E-state index contributed by atoms with van der Waals surface area (Å²) in [5, 5.41) is 0.724. The van der Waals surface area contributed by atoms with Crippen LogP contribution in [0.5, 0.6) is 0 Å². The normalized spacial score (nSPS) is 14.9. The van der Waals surface area contributed by atoms with Gasteiger partial charge in [-0.15, -0.1) is 0 Å². The molecule has 0 saturated heterocycles. The molecule has 28 heavy (non-hydrogen) atoms. The maximum Gasteiger partial charge on any atom is 0.294 e. The third-order valence-electron chi connectivity index (χ3n) is 5.37. The van der Waals surface area contributed by atoms with E-state index < -0.39 is 10.1 Å². The molecule has 0 saturated carbocycles. The number of hydrogen-bond acceptors (Lipinski definition) is 3. The molecule has 2 heterocycles. The second-order valence-corrected chi connectivity index (χ2v) is 8.62. The first-order valence-corrected chi connectivity index (χ1v) is 10.7. The average Bonchev–Trinajstić information content (AvgIpc) is 2.90. The van der Waals surface area contributed by atoms with Crippen LogP contribution in [0.1, 0.15) is 28.0 Å². The van der Waals surface area contributed by atoms with E-state index in [1.807, 2.05) is 22.8 Å². The van der Waals surface area contributed by atoms with Gasteiger partial charge in [0.1, 0.15) is 5.69 Å². The molecule has 1 aliphatic heterocycles. The molecule has 2 aromatic carbocycles. The lowest BCUT2D eigenvalue weighted by Gasteiger charge is -2.17. The summed E-state index contributed by atoms with van der Waals surface area (Å²) < 4.78 is 34.7. The van der Waals surface area contributed by atoms with Gasteiger partial charge >= 0.3 is 0 Å². The second kappa shape index (κ2) is 7.07. The Hall–Kier alpha value is -2.64. The Morgan fingerprint density at radius 1 is 1.11 bits per heavy atom. The molecule has 6 nitrogen and oxygen atoms in total. The smallest absolute Gasteiger partial charge is 0.294 e. The number of nitrogens with zero attached hydrogens (tertiary/aromatic N) is 2. The number of carbonyl (C=O) groups is 1. The molecular formula is C21H22N2O4S. The van der Waals surface area contributed by atoms with Gasteiger partial charge in [0.05, 0.1) is 4.90 Å². The summed E-state index contributed by atoms with van der Waals surface area (Å²) >= 11 is 0. The highest BCUT2D eigenvalue weighted by Gasteiger charge is 2.28. The highest BCUT2D eigenvalue weighted by Crippen LogP contribution is 2.32. The number of amides is 1. The number of benzene rings is 2. The van der Waals surface area contributed by atoms with Crippen molar-refractivity contribution < 1.29 is 17.8 Å². The van der Waals surface area contributed by atoms with Crippen LogP contribution in [0.25, 0.3) is 10.9 Å². The first-order chi connectivity index (χ1) is 13.4. The highest BCUT2D eigenvalue weighted by molar-refractivity contribution is 7.85. The van der Waals surface area contributed by atoms with Gasteiger partial charge in [-0.1, -0.05) is 30.3 Å². The van der Waals surface area contributed by atoms with E-state index in [2.05, 4.69) is 12.1 Å². The molecule has 4 rings (SSSR count). The number of rotatable bonds is 4. The van der Waals surface area contributed by atoms with E-state index in [9.17, 15) is 17.8 Å². The van der Waals surface area contributed by atoms with Gasteiger partial charge in [0, 0.05) is 31.0 Å². The van der Waals surface area contributed by atoms with Gasteiger partial charge in [0.25, 0.3) is 16.0 Å². The molecule has 0 fully saturated rings. The van der Waals surface area contributed by atoms with E-state index in [4.69, 9.17) is 0 Å². The molecule has 1 aliphatic rings. The summed E-state index contributed by atoms with van der Waals surface area (Å²) in [7, 11) is -2.51. The van der Waals surface area contributed by atoms with E-state index in [0.717, 1.165) is 29.3 Å². The van der Waals surface area contributed by atoms with Gasteiger partial charge in [0.2, 0.25) is 0 Å². The summed E-state index contributed by atoms with van der Waals surface area (Å²) in [4.78, 5) is 14.6. The predicted molar refractivity (Wildman–Crippen MR) is 107 cm³/mol. The molecule has 1 N–H and O–H groups in total. The van der Waals surface area contributed by atoms with E-state index in [1.165, 1.54) is 17.7 Å². The Morgan fingerprint density at radius 2 is 1.86 bits per heavy atom. The van der Waals surface area contributed by atoms with Crippen molar-refractivity contribution in [2.45, 2.75) is 30.7 Å². The van der Waals surface area contributed by atoms with Crippen LogP contribution in [-0.4, -0.2) is 41.9 Å². The van der Waals surface area contributed by atoms with Crippen LogP contribution in [0.4, 0.5) is 0 Å². The number of carbonyl (C=O) groups excluding carboxylic acids is 1. The zero-order valence-corrected chi connectivity index (χ0v) is 16.4. The summed E-state index contributed by atoms with van der Waals surface area (Å²) in [6.45, 7) is 1.27. The molecule has 0 bridgehead atoms. The van der Waals surface area contributed by atoms with Crippen molar-refractivity contribution >= 4 is 26.9 Å². The molecular weight excluding hydrogens is 376 g/mol. The van der Waals surface area contributed by atoms with E-state index in [0.29, 0.717) is 25.2 Å². The van der Waals surface area contributed by atoms with Crippen molar-refractivity contribution in [3.05, 3.63) is 65.4 Å². The fourth-order valence-electron chi connectivity index (χ4n) is 3.95. The Morgan fingerprint density at radius 3 is 2.57 bits per heavy atom. The van der Waals surface area contributed by atoms with Crippen molar-refractivity contribution in [2.75, 3.05) is 13.6 Å².